The van der Waals surface area contributed by atoms with Crippen molar-refractivity contribution in [2.75, 3.05) is 0 Å². The van der Waals surface area contributed by atoms with Gasteiger partial charge in [-0.25, -0.2) is 0 Å². The molecule has 0 aliphatic carbocycles. The molecule has 37 valence electrons. The normalized spacial score (nSPS) is 12.0. The summed E-state index contributed by atoms with van der Waals surface area (Å²) >= 11 is 0. The summed E-state index contributed by atoms with van der Waals surface area (Å²) in [7, 11) is 5.48. The highest BCUT2D eigenvalue weighted by molar-refractivity contribution is 7.24. The molecule has 0 rings (SSSR count). The minimum atomic E-state index is 0.542. The van der Waals surface area contributed by atoms with Gasteiger partial charge in [0.2, 0.25) is 0 Å². The van der Waals surface area contributed by atoms with Crippen molar-refractivity contribution < 1.29 is 0 Å². The average molecular weight is 141 g/mol. The molecule has 0 aromatic carbocycles. The first-order valence-corrected chi connectivity index (χ1v) is 6.75. The van der Waals surface area contributed by atoms with Crippen molar-refractivity contribution in [3.05, 3.63) is 0 Å². The Hall–Kier alpha value is 0.651. The van der Waals surface area contributed by atoms with Crippen LogP contribution in [0.1, 0.15) is 20.8 Å². The summed E-state index contributed by atoms with van der Waals surface area (Å²) in [6.45, 7) is 6.79. The van der Waals surface area contributed by atoms with Gasteiger partial charge in [-0.1, -0.05) is 20.8 Å². The highest BCUT2D eigenvalue weighted by Gasteiger charge is 2.07. The van der Waals surface area contributed by atoms with Crippen LogP contribution in [0.15, 0.2) is 0 Å². The maximum absolute atomic E-state index is 3.47. The van der Waals surface area contributed by atoms with Crippen molar-refractivity contribution in [2.45, 2.75) is 25.8 Å². The third kappa shape index (κ3) is 6.65. The number of hydrogen-bond donors (Lipinski definition) is 0. The van der Waals surface area contributed by atoms with Crippen LogP contribution in [0.3, 0.4) is 0 Å². The van der Waals surface area contributed by atoms with E-state index in [1.54, 1.807) is 0 Å². The van der Waals surface area contributed by atoms with Crippen LogP contribution in [0.2, 0.25) is 5.04 Å². The first-order valence-electron chi connectivity index (χ1n) is 2.25. The molecule has 0 bridgehead atoms. The predicted molar refractivity (Wildman–Crippen MR) is 37.0 cm³/mol. The van der Waals surface area contributed by atoms with Gasteiger partial charge in [0.15, 0.2) is 0 Å². The highest BCUT2D eigenvalue weighted by atomic mass is 29.5. The molecular weight excluding hydrogens is 132 g/mol. The molecule has 0 atom stereocenters. The van der Waals surface area contributed by atoms with Crippen LogP contribution in [0.4, 0.5) is 0 Å². The van der Waals surface area contributed by atoms with Crippen molar-refractivity contribution in [3.8, 4) is 0 Å². The third-order valence-corrected chi connectivity index (χ3v) is 5.06. The van der Waals surface area contributed by atoms with Gasteiger partial charge in [0.25, 0.3) is 0 Å². The van der Waals surface area contributed by atoms with Crippen LogP contribution < -0.4 is 0 Å². The fourth-order valence-electron chi connectivity index (χ4n) is 0.188. The summed E-state index contributed by atoms with van der Waals surface area (Å²) in [6.07, 6.45) is 0. The first kappa shape index (κ1) is 7.65. The molecule has 3 heteroatoms. The molecule has 0 fully saturated rings. The highest BCUT2D eigenvalue weighted by Crippen LogP contribution is 2.17. The molecule has 0 aliphatic heterocycles. The van der Waals surface area contributed by atoms with E-state index in [4.69, 9.17) is 0 Å². The minimum absolute atomic E-state index is 0.542. The molecule has 0 heterocycles. The summed E-state index contributed by atoms with van der Waals surface area (Å²) in [5, 5.41) is 0.542. The molecule has 0 aromatic rings. The van der Waals surface area contributed by atoms with Gasteiger partial charge in [0.05, 0.1) is 0 Å². The Labute approximate surface area is 53.7 Å². The Bertz CT molecular complexity index is 45.4. The molecule has 0 aromatic heterocycles. The lowest BCUT2D eigenvalue weighted by atomic mass is 10.3. The lowest BCUT2D eigenvalue weighted by Gasteiger charge is -2.13. The fraction of sp³-hybridized carbons (Fsp3) is 1.00. The van der Waals surface area contributed by atoms with Crippen LogP contribution in [0.5, 0.6) is 0 Å². The van der Waals surface area contributed by atoms with Gasteiger partial charge in [-0.3, -0.25) is 0 Å². The Balaban J connectivity index is 3.15. The zero-order valence-corrected chi connectivity index (χ0v) is 8.00. The van der Waals surface area contributed by atoms with Crippen LogP contribution in [0, 0.1) is 0 Å². The van der Waals surface area contributed by atoms with Gasteiger partial charge >= 0.3 is 0 Å². The molecule has 0 saturated heterocycles. The van der Waals surface area contributed by atoms with E-state index >= 15 is 0 Å². The second-order valence-electron chi connectivity index (χ2n) is 2.50. The van der Waals surface area contributed by atoms with E-state index in [-0.39, 0.29) is 0 Å². The van der Waals surface area contributed by atoms with E-state index < -0.39 is 0 Å². The molecule has 0 unspecified atom stereocenters. The monoisotopic (exact) mass is 141 g/mol. The molecule has 0 amide bonds. The summed E-state index contributed by atoms with van der Waals surface area (Å²) in [5.41, 5.74) is 0. The lowest BCUT2D eigenvalue weighted by Crippen LogP contribution is -2.15. The van der Waals surface area contributed by atoms with Crippen molar-refractivity contribution in [1.82, 2.24) is 0 Å². The van der Waals surface area contributed by atoms with Gasteiger partial charge in [-0.15, -0.1) is 0 Å². The average Bonchev–Trinajstić information content (AvgIpc) is 1.30. The summed E-state index contributed by atoms with van der Waals surface area (Å²) in [4.78, 5) is 0. The number of hydrogen-bond acceptors (Lipinski definition) is 0. The molecule has 0 saturated carbocycles. The largest absolute Gasteiger partial charge is 0.0633 e. The van der Waals surface area contributed by atoms with Crippen LogP contribution in [-0.2, 0) is 0 Å². The van der Waals surface area contributed by atoms with Gasteiger partial charge in [-0.2, -0.15) is 0 Å². The van der Waals surface area contributed by atoms with E-state index in [9.17, 15) is 0 Å². The fourth-order valence-corrected chi connectivity index (χ4v) is 5.06. The van der Waals surface area contributed by atoms with Gasteiger partial charge in [0.1, 0.15) is 0 Å². The topological polar surface area (TPSA) is 0 Å². The zero-order chi connectivity index (χ0) is 5.91. The molecule has 0 nitrogen and oxygen atoms in total. The summed E-state index contributed by atoms with van der Waals surface area (Å²) < 4.78 is 0. The van der Waals surface area contributed by atoms with E-state index in [1.807, 2.05) is 0 Å². The Kier molecular flexibility index (Phi) is 3.10. The molecular formula is C4H9Si3. The Morgan fingerprint density at radius 1 is 1.29 bits per heavy atom. The van der Waals surface area contributed by atoms with Gasteiger partial charge < -0.3 is 0 Å². The van der Waals surface area contributed by atoms with Gasteiger partial charge in [0, 0.05) is 27.4 Å². The quantitative estimate of drug-likeness (QED) is 0.470. The van der Waals surface area contributed by atoms with Crippen molar-refractivity contribution in [2.24, 2.45) is 0 Å². The minimum Gasteiger partial charge on any atom is -0.0633 e. The van der Waals surface area contributed by atoms with E-state index in [0.717, 1.165) is 17.6 Å². The number of rotatable bonds is 1. The smallest absolute Gasteiger partial charge is 0.0253 e. The maximum Gasteiger partial charge on any atom is 0.0253 e. The SMILES string of the molecule is CC(C)(C)[Si][Si][Si]. The predicted octanol–water partition coefficient (Wildman–Crippen LogP) is 0.612. The van der Waals surface area contributed by atoms with E-state index in [1.165, 1.54) is 0 Å². The first-order chi connectivity index (χ1) is 3.06. The molecule has 0 aliphatic rings. The van der Waals surface area contributed by atoms with E-state index in [0.29, 0.717) is 5.04 Å². The van der Waals surface area contributed by atoms with Crippen LogP contribution >= 0.6 is 0 Å². The summed E-state index contributed by atoms with van der Waals surface area (Å²) in [5.74, 6) is 0. The standard InChI is InChI=1S/C4H9Si3/c1-4(2,3)6-7-5/h1-3H3. The molecule has 7 heavy (non-hydrogen) atoms. The van der Waals surface area contributed by atoms with Crippen molar-refractivity contribution in [3.63, 3.8) is 0 Å². The van der Waals surface area contributed by atoms with Crippen LogP contribution in [-0.4, -0.2) is 27.4 Å². The lowest BCUT2D eigenvalue weighted by molar-refractivity contribution is 0.763. The van der Waals surface area contributed by atoms with Crippen molar-refractivity contribution in [1.29, 1.82) is 0 Å². The Morgan fingerprint density at radius 3 is 1.71 bits per heavy atom. The Morgan fingerprint density at radius 2 is 1.71 bits per heavy atom. The van der Waals surface area contributed by atoms with Crippen molar-refractivity contribution >= 4 is 27.4 Å². The van der Waals surface area contributed by atoms with Gasteiger partial charge in [-0.05, 0) is 5.04 Å². The summed E-state index contributed by atoms with van der Waals surface area (Å²) in [6, 6.07) is 0. The second-order valence-corrected chi connectivity index (χ2v) is 8.25. The maximum atomic E-state index is 3.47. The van der Waals surface area contributed by atoms with Crippen LogP contribution in [0.25, 0.3) is 0 Å². The second kappa shape index (κ2) is 2.84. The molecule has 0 N–H and O–H groups in total. The van der Waals surface area contributed by atoms with E-state index in [2.05, 4.69) is 30.5 Å². The molecule has 0 spiro atoms. The third-order valence-electron chi connectivity index (χ3n) is 0.438. The molecule has 7 radical (unpaired) electrons. The zero-order valence-electron chi connectivity index (χ0n) is 5.00.